The third kappa shape index (κ3) is 2.97. The van der Waals surface area contributed by atoms with Crippen LogP contribution in [0.25, 0.3) is 22.6 Å². The number of hydrogen-bond donors (Lipinski definition) is 0. The van der Waals surface area contributed by atoms with Gasteiger partial charge in [-0.2, -0.15) is 0 Å². The van der Waals surface area contributed by atoms with E-state index < -0.39 is 0 Å². The first kappa shape index (κ1) is 14.4. The van der Waals surface area contributed by atoms with Gasteiger partial charge >= 0.3 is 0 Å². The van der Waals surface area contributed by atoms with Crippen LogP contribution < -0.4 is 0 Å². The second kappa shape index (κ2) is 6.51. The summed E-state index contributed by atoms with van der Waals surface area (Å²) in [6, 6.07) is 33.3. The highest BCUT2D eigenvalue weighted by molar-refractivity contribution is 5.92. The van der Waals surface area contributed by atoms with E-state index in [1.54, 1.807) is 0 Å². The van der Waals surface area contributed by atoms with Crippen molar-refractivity contribution in [2.24, 2.45) is 0 Å². The zero-order valence-corrected chi connectivity index (χ0v) is 13.3. The Bertz CT molecular complexity index is 986. The summed E-state index contributed by atoms with van der Waals surface area (Å²) in [5, 5.41) is 1.16. The normalized spacial score (nSPS) is 11.6. The van der Waals surface area contributed by atoms with E-state index in [1.165, 1.54) is 11.1 Å². The van der Waals surface area contributed by atoms with E-state index in [4.69, 9.17) is 4.98 Å². The minimum Gasteiger partial charge on any atom is -0.248 e. The average Bonchev–Trinajstić information content (AvgIpc) is 2.67. The molecule has 0 saturated heterocycles. The fraction of sp³-hybridized carbons (Fsp3) is 0. The Kier molecular flexibility index (Phi) is 3.91. The molecular formula is C23H17N. The Balaban J connectivity index is 1.90. The third-order valence-corrected chi connectivity index (χ3v) is 4.07. The summed E-state index contributed by atoms with van der Waals surface area (Å²) in [7, 11) is 0. The molecule has 1 heterocycles. The number of para-hydroxylation sites is 1. The molecule has 0 aliphatic rings. The zero-order valence-electron chi connectivity index (χ0n) is 13.3. The monoisotopic (exact) mass is 307 g/mol. The van der Waals surface area contributed by atoms with E-state index in [1.807, 2.05) is 24.3 Å². The largest absolute Gasteiger partial charge is 0.248 e. The van der Waals surface area contributed by atoms with Crippen LogP contribution in [0.15, 0.2) is 97.1 Å². The van der Waals surface area contributed by atoms with Crippen molar-refractivity contribution in [1.82, 2.24) is 4.98 Å². The molecule has 1 aromatic heterocycles. The van der Waals surface area contributed by atoms with Crippen LogP contribution in [0.5, 0.6) is 0 Å². The van der Waals surface area contributed by atoms with Crippen LogP contribution in [0.3, 0.4) is 0 Å². The number of pyridine rings is 1. The van der Waals surface area contributed by atoms with Crippen molar-refractivity contribution in [2.45, 2.75) is 0 Å². The van der Waals surface area contributed by atoms with Gasteiger partial charge in [0.05, 0.1) is 11.2 Å². The minimum atomic E-state index is 0.990. The lowest BCUT2D eigenvalue weighted by atomic mass is 9.99. The maximum Gasteiger partial charge on any atom is 0.0715 e. The molecular weight excluding hydrogens is 290 g/mol. The molecule has 0 atom stereocenters. The van der Waals surface area contributed by atoms with E-state index in [0.717, 1.165) is 22.2 Å². The molecule has 0 saturated carbocycles. The lowest BCUT2D eigenvalue weighted by Gasteiger charge is -2.09. The highest BCUT2D eigenvalue weighted by Crippen LogP contribution is 2.26. The molecule has 0 fully saturated rings. The summed E-state index contributed by atoms with van der Waals surface area (Å²) in [6.45, 7) is 0. The van der Waals surface area contributed by atoms with Gasteiger partial charge < -0.3 is 0 Å². The first-order chi connectivity index (χ1) is 11.9. The molecule has 0 bridgehead atoms. The molecule has 0 spiro atoms. The van der Waals surface area contributed by atoms with Gasteiger partial charge in [-0.15, -0.1) is 0 Å². The Labute approximate surface area is 141 Å². The second-order valence-electron chi connectivity index (χ2n) is 5.72. The van der Waals surface area contributed by atoms with Crippen LogP contribution in [0.2, 0.25) is 0 Å². The molecule has 0 N–H and O–H groups in total. The minimum absolute atomic E-state index is 0.990. The SMILES string of the molecule is C(=C(/c1ccccc1)c1ccc2ccccc2n1)/c1ccccc1. The van der Waals surface area contributed by atoms with Gasteiger partial charge in [0.15, 0.2) is 0 Å². The summed E-state index contributed by atoms with van der Waals surface area (Å²) < 4.78 is 0. The van der Waals surface area contributed by atoms with Gasteiger partial charge in [0.2, 0.25) is 0 Å². The summed E-state index contributed by atoms with van der Waals surface area (Å²) in [5.41, 5.74) is 5.48. The number of rotatable bonds is 3. The van der Waals surface area contributed by atoms with E-state index in [0.29, 0.717) is 0 Å². The van der Waals surface area contributed by atoms with Crippen molar-refractivity contribution in [3.63, 3.8) is 0 Å². The van der Waals surface area contributed by atoms with Crippen LogP contribution in [0.1, 0.15) is 16.8 Å². The van der Waals surface area contributed by atoms with Crippen LogP contribution >= 0.6 is 0 Å². The Morgan fingerprint density at radius 3 is 2.08 bits per heavy atom. The van der Waals surface area contributed by atoms with Crippen molar-refractivity contribution in [2.75, 3.05) is 0 Å². The second-order valence-corrected chi connectivity index (χ2v) is 5.72. The molecule has 114 valence electrons. The number of fused-ring (bicyclic) bond motifs is 1. The smallest absolute Gasteiger partial charge is 0.0715 e. The molecule has 4 aromatic rings. The standard InChI is InChI=1S/C23H17N/c1-3-9-18(10-4-1)17-21(19-11-5-2-6-12-19)23-16-15-20-13-7-8-14-22(20)24-23/h1-17H/b21-17+. The highest BCUT2D eigenvalue weighted by Gasteiger charge is 2.07. The lowest BCUT2D eigenvalue weighted by molar-refractivity contribution is 1.34. The third-order valence-electron chi connectivity index (χ3n) is 4.07. The summed E-state index contributed by atoms with van der Waals surface area (Å²) in [4.78, 5) is 4.88. The number of nitrogens with zero attached hydrogens (tertiary/aromatic N) is 1. The average molecular weight is 307 g/mol. The number of hydrogen-bond acceptors (Lipinski definition) is 1. The van der Waals surface area contributed by atoms with Crippen molar-refractivity contribution in [1.29, 1.82) is 0 Å². The van der Waals surface area contributed by atoms with Gasteiger partial charge in [-0.25, -0.2) is 4.98 Å². The van der Waals surface area contributed by atoms with E-state index in [9.17, 15) is 0 Å². The molecule has 0 unspecified atom stereocenters. The van der Waals surface area contributed by atoms with Crippen LogP contribution in [0.4, 0.5) is 0 Å². The Hall–Kier alpha value is -3.19. The molecule has 3 aromatic carbocycles. The van der Waals surface area contributed by atoms with Crippen LogP contribution in [0, 0.1) is 0 Å². The molecule has 0 amide bonds. The van der Waals surface area contributed by atoms with Crippen LogP contribution in [-0.4, -0.2) is 4.98 Å². The van der Waals surface area contributed by atoms with E-state index in [-0.39, 0.29) is 0 Å². The maximum atomic E-state index is 4.88. The van der Waals surface area contributed by atoms with Gasteiger partial charge in [-0.05, 0) is 29.3 Å². The number of aromatic nitrogens is 1. The zero-order chi connectivity index (χ0) is 16.2. The first-order valence-corrected chi connectivity index (χ1v) is 8.08. The Morgan fingerprint density at radius 2 is 1.29 bits per heavy atom. The quantitative estimate of drug-likeness (QED) is 0.434. The maximum absolute atomic E-state index is 4.88. The summed E-state index contributed by atoms with van der Waals surface area (Å²) in [5.74, 6) is 0. The summed E-state index contributed by atoms with van der Waals surface area (Å²) in [6.07, 6.45) is 2.20. The molecule has 0 radical (unpaired) electrons. The lowest BCUT2D eigenvalue weighted by Crippen LogP contribution is -1.93. The molecule has 0 aliphatic heterocycles. The van der Waals surface area contributed by atoms with Crippen molar-refractivity contribution >= 4 is 22.6 Å². The van der Waals surface area contributed by atoms with Gasteiger partial charge in [-0.3, -0.25) is 0 Å². The first-order valence-electron chi connectivity index (χ1n) is 8.08. The molecule has 1 nitrogen and oxygen atoms in total. The summed E-state index contributed by atoms with van der Waals surface area (Å²) >= 11 is 0. The van der Waals surface area contributed by atoms with Crippen molar-refractivity contribution in [3.05, 3.63) is 114 Å². The van der Waals surface area contributed by atoms with E-state index >= 15 is 0 Å². The molecule has 0 aliphatic carbocycles. The molecule has 24 heavy (non-hydrogen) atoms. The fourth-order valence-electron chi connectivity index (χ4n) is 2.85. The van der Waals surface area contributed by atoms with Crippen molar-refractivity contribution in [3.8, 4) is 0 Å². The Morgan fingerprint density at radius 1 is 0.625 bits per heavy atom. The van der Waals surface area contributed by atoms with E-state index in [2.05, 4.69) is 78.9 Å². The molecule has 4 rings (SSSR count). The predicted octanol–water partition coefficient (Wildman–Crippen LogP) is 5.82. The van der Waals surface area contributed by atoms with Gasteiger partial charge in [0.1, 0.15) is 0 Å². The number of benzene rings is 3. The predicted molar refractivity (Wildman–Crippen MR) is 102 cm³/mol. The molecule has 1 heteroatoms. The van der Waals surface area contributed by atoms with Crippen LogP contribution in [-0.2, 0) is 0 Å². The van der Waals surface area contributed by atoms with Crippen molar-refractivity contribution < 1.29 is 0 Å². The fourth-order valence-corrected chi connectivity index (χ4v) is 2.85. The van der Waals surface area contributed by atoms with Gasteiger partial charge in [-0.1, -0.05) is 84.9 Å². The van der Waals surface area contributed by atoms with Gasteiger partial charge in [0, 0.05) is 11.0 Å². The van der Waals surface area contributed by atoms with Gasteiger partial charge in [0.25, 0.3) is 0 Å². The topological polar surface area (TPSA) is 12.9 Å². The highest BCUT2D eigenvalue weighted by atomic mass is 14.7.